The normalized spacial score (nSPS) is 11.8. The van der Waals surface area contributed by atoms with Crippen LogP contribution in [0.2, 0.25) is 0 Å². The first-order valence-corrected chi connectivity index (χ1v) is 9.75. The summed E-state index contributed by atoms with van der Waals surface area (Å²) in [6.07, 6.45) is 0.336. The van der Waals surface area contributed by atoms with E-state index < -0.39 is 10.0 Å². The summed E-state index contributed by atoms with van der Waals surface area (Å²) >= 11 is 1.52. The zero-order valence-corrected chi connectivity index (χ0v) is 14.9. The van der Waals surface area contributed by atoms with Crippen LogP contribution in [0.4, 0.5) is 0 Å². The maximum atomic E-state index is 12.3. The van der Waals surface area contributed by atoms with Gasteiger partial charge < -0.3 is 4.52 Å². The Morgan fingerprint density at radius 1 is 1.21 bits per heavy atom. The van der Waals surface area contributed by atoms with Crippen LogP contribution in [0.1, 0.15) is 17.0 Å². The molecule has 24 heavy (non-hydrogen) atoms. The molecular weight excluding hydrogens is 346 g/mol. The summed E-state index contributed by atoms with van der Waals surface area (Å²) in [6, 6.07) is 8.89. The van der Waals surface area contributed by atoms with Crippen molar-refractivity contribution in [3.63, 3.8) is 0 Å². The van der Waals surface area contributed by atoms with Crippen molar-refractivity contribution in [3.05, 3.63) is 52.7 Å². The molecule has 0 aliphatic heterocycles. The number of benzene rings is 1. The lowest BCUT2D eigenvalue weighted by Gasteiger charge is -2.07. The molecule has 126 valence electrons. The quantitative estimate of drug-likeness (QED) is 0.728. The van der Waals surface area contributed by atoms with Crippen molar-refractivity contribution in [1.29, 1.82) is 0 Å². The summed E-state index contributed by atoms with van der Waals surface area (Å²) in [7, 11) is -3.54. The van der Waals surface area contributed by atoms with Crippen LogP contribution in [0.5, 0.6) is 0 Å². The summed E-state index contributed by atoms with van der Waals surface area (Å²) in [4.78, 5) is 5.45. The molecule has 0 fully saturated rings. The van der Waals surface area contributed by atoms with Crippen LogP contribution in [0, 0.1) is 13.8 Å². The standard InChI is InChI=1S/C16H17N3O3S2/c1-11-5-6-13(10-12(11)2)24(20,21)17-8-7-15-18-16(19-22-15)14-4-3-9-23-14/h3-6,9-10,17H,7-8H2,1-2H3. The summed E-state index contributed by atoms with van der Waals surface area (Å²) in [6.45, 7) is 4.03. The van der Waals surface area contributed by atoms with Crippen molar-refractivity contribution in [2.24, 2.45) is 0 Å². The molecule has 2 heterocycles. The second-order valence-corrected chi connectivity index (χ2v) is 8.10. The van der Waals surface area contributed by atoms with Gasteiger partial charge in [0.15, 0.2) is 0 Å². The molecule has 0 aliphatic carbocycles. The van der Waals surface area contributed by atoms with Gasteiger partial charge in [-0.25, -0.2) is 13.1 Å². The van der Waals surface area contributed by atoms with Crippen LogP contribution < -0.4 is 4.72 Å². The molecule has 0 unspecified atom stereocenters. The summed E-state index contributed by atoms with van der Waals surface area (Å²) in [5, 5.41) is 5.83. The van der Waals surface area contributed by atoms with Gasteiger partial charge in [0.25, 0.3) is 0 Å². The fourth-order valence-electron chi connectivity index (χ4n) is 2.12. The topological polar surface area (TPSA) is 85.1 Å². The first kappa shape index (κ1) is 16.8. The molecule has 1 N–H and O–H groups in total. The van der Waals surface area contributed by atoms with E-state index in [1.807, 2.05) is 31.4 Å². The maximum absolute atomic E-state index is 12.3. The van der Waals surface area contributed by atoms with Crippen molar-refractivity contribution in [3.8, 4) is 10.7 Å². The maximum Gasteiger partial charge on any atom is 0.240 e. The van der Waals surface area contributed by atoms with E-state index in [4.69, 9.17) is 4.52 Å². The van der Waals surface area contributed by atoms with Gasteiger partial charge in [-0.1, -0.05) is 17.3 Å². The highest BCUT2D eigenvalue weighted by Crippen LogP contribution is 2.21. The molecule has 3 rings (SSSR count). The number of nitrogens with zero attached hydrogens (tertiary/aromatic N) is 2. The van der Waals surface area contributed by atoms with Crippen LogP contribution in [0.3, 0.4) is 0 Å². The minimum absolute atomic E-state index is 0.196. The minimum Gasteiger partial charge on any atom is -0.339 e. The lowest BCUT2D eigenvalue weighted by atomic mass is 10.1. The fourth-order valence-corrected chi connectivity index (χ4v) is 3.88. The Bertz CT molecular complexity index is 931. The Balaban J connectivity index is 1.62. The monoisotopic (exact) mass is 363 g/mol. The third-order valence-corrected chi connectivity index (χ3v) is 5.95. The molecule has 0 bridgehead atoms. The predicted octanol–water partition coefficient (Wildman–Crippen LogP) is 2.94. The number of aryl methyl sites for hydroxylation is 2. The van der Waals surface area contributed by atoms with Crippen LogP contribution in [-0.4, -0.2) is 25.1 Å². The van der Waals surface area contributed by atoms with Crippen LogP contribution in [0.15, 0.2) is 45.1 Å². The Morgan fingerprint density at radius 2 is 2.04 bits per heavy atom. The van der Waals surface area contributed by atoms with E-state index in [0.29, 0.717) is 18.1 Å². The van der Waals surface area contributed by atoms with Gasteiger partial charge in [0.05, 0.1) is 9.77 Å². The van der Waals surface area contributed by atoms with E-state index in [-0.39, 0.29) is 11.4 Å². The zero-order chi connectivity index (χ0) is 17.2. The molecule has 1 aromatic carbocycles. The van der Waals surface area contributed by atoms with Crippen LogP contribution in [0.25, 0.3) is 10.7 Å². The minimum atomic E-state index is -3.54. The SMILES string of the molecule is Cc1ccc(S(=O)(=O)NCCc2nc(-c3cccs3)no2)cc1C. The highest BCUT2D eigenvalue weighted by Gasteiger charge is 2.15. The van der Waals surface area contributed by atoms with E-state index in [1.165, 1.54) is 11.3 Å². The summed E-state index contributed by atoms with van der Waals surface area (Å²) in [5.74, 6) is 0.929. The highest BCUT2D eigenvalue weighted by atomic mass is 32.2. The number of sulfonamides is 1. The van der Waals surface area contributed by atoms with Gasteiger partial charge >= 0.3 is 0 Å². The third kappa shape index (κ3) is 3.72. The first-order valence-electron chi connectivity index (χ1n) is 7.39. The van der Waals surface area contributed by atoms with E-state index in [2.05, 4.69) is 14.9 Å². The van der Waals surface area contributed by atoms with Gasteiger partial charge in [-0.2, -0.15) is 4.98 Å². The van der Waals surface area contributed by atoms with Crippen molar-refractivity contribution in [2.45, 2.75) is 25.2 Å². The van der Waals surface area contributed by atoms with Crippen LogP contribution >= 0.6 is 11.3 Å². The van der Waals surface area contributed by atoms with Gasteiger partial charge in [0.2, 0.25) is 21.7 Å². The molecule has 0 saturated heterocycles. The molecule has 6 nitrogen and oxygen atoms in total. The number of rotatable bonds is 6. The molecule has 0 aliphatic rings. The van der Waals surface area contributed by atoms with Gasteiger partial charge in [-0.05, 0) is 48.6 Å². The molecule has 3 aromatic rings. The molecule has 8 heteroatoms. The second-order valence-electron chi connectivity index (χ2n) is 5.38. The van der Waals surface area contributed by atoms with Crippen LogP contribution in [-0.2, 0) is 16.4 Å². The van der Waals surface area contributed by atoms with Gasteiger partial charge in [0.1, 0.15) is 0 Å². The first-order chi connectivity index (χ1) is 11.5. The summed E-state index contributed by atoms with van der Waals surface area (Å²) in [5.41, 5.74) is 2.00. The molecule has 0 spiro atoms. The molecule has 2 aromatic heterocycles. The fraction of sp³-hybridized carbons (Fsp3) is 0.250. The van der Waals surface area contributed by atoms with Crippen molar-refractivity contribution in [2.75, 3.05) is 6.54 Å². The van der Waals surface area contributed by atoms with Crippen molar-refractivity contribution in [1.82, 2.24) is 14.9 Å². The lowest BCUT2D eigenvalue weighted by molar-refractivity contribution is 0.379. The predicted molar refractivity (Wildman–Crippen MR) is 92.4 cm³/mol. The summed E-state index contributed by atoms with van der Waals surface area (Å²) < 4.78 is 32.3. The second kappa shape index (κ2) is 6.84. The van der Waals surface area contributed by atoms with Gasteiger partial charge in [-0.15, -0.1) is 11.3 Å². The smallest absolute Gasteiger partial charge is 0.240 e. The average molecular weight is 363 g/mol. The van der Waals surface area contributed by atoms with E-state index >= 15 is 0 Å². The molecule has 0 saturated carbocycles. The third-order valence-electron chi connectivity index (χ3n) is 3.63. The Hall–Kier alpha value is -2.03. The molecular formula is C16H17N3O3S2. The number of hydrogen-bond donors (Lipinski definition) is 1. The highest BCUT2D eigenvalue weighted by molar-refractivity contribution is 7.89. The number of hydrogen-bond acceptors (Lipinski definition) is 6. The number of aromatic nitrogens is 2. The molecule has 0 amide bonds. The Morgan fingerprint density at radius 3 is 2.75 bits per heavy atom. The Kier molecular flexibility index (Phi) is 4.79. The van der Waals surface area contributed by atoms with Gasteiger partial charge in [-0.3, -0.25) is 0 Å². The van der Waals surface area contributed by atoms with Crippen molar-refractivity contribution < 1.29 is 12.9 Å². The van der Waals surface area contributed by atoms with E-state index in [9.17, 15) is 8.42 Å². The number of nitrogens with one attached hydrogen (secondary N) is 1. The zero-order valence-electron chi connectivity index (χ0n) is 13.3. The van der Waals surface area contributed by atoms with E-state index in [0.717, 1.165) is 16.0 Å². The largest absolute Gasteiger partial charge is 0.339 e. The lowest BCUT2D eigenvalue weighted by Crippen LogP contribution is -2.26. The van der Waals surface area contributed by atoms with E-state index in [1.54, 1.807) is 18.2 Å². The molecule has 0 atom stereocenters. The number of thiophene rings is 1. The van der Waals surface area contributed by atoms with Crippen molar-refractivity contribution >= 4 is 21.4 Å². The average Bonchev–Trinajstić information content (AvgIpc) is 3.20. The molecule has 0 radical (unpaired) electrons. The van der Waals surface area contributed by atoms with Gasteiger partial charge in [0, 0.05) is 13.0 Å². The Labute approximate surface area is 144 Å².